The first kappa shape index (κ1) is 24.6. The van der Waals surface area contributed by atoms with Gasteiger partial charge in [0.25, 0.3) is 5.91 Å². The molecule has 0 saturated carbocycles. The van der Waals surface area contributed by atoms with Crippen LogP contribution in [-0.2, 0) is 21.5 Å². The number of hydrogen-bond acceptors (Lipinski definition) is 4. The molecule has 1 aliphatic heterocycles. The molecule has 0 aliphatic carbocycles. The van der Waals surface area contributed by atoms with E-state index in [0.29, 0.717) is 37.9 Å². The van der Waals surface area contributed by atoms with E-state index >= 15 is 0 Å². The minimum atomic E-state index is -0.524. The number of Topliss-reactive ketones (excluding diaryl/α,β-unsaturated/α-hetero) is 1. The van der Waals surface area contributed by atoms with Gasteiger partial charge in [-0.25, -0.2) is 0 Å². The van der Waals surface area contributed by atoms with Crippen molar-refractivity contribution in [2.45, 2.75) is 44.6 Å². The molecule has 1 fully saturated rings. The third kappa shape index (κ3) is 6.08. The van der Waals surface area contributed by atoms with Crippen LogP contribution in [0.2, 0.25) is 0 Å². The van der Waals surface area contributed by atoms with Crippen LogP contribution >= 0.6 is 0 Å². The van der Waals surface area contributed by atoms with Crippen LogP contribution in [0.3, 0.4) is 0 Å². The quantitative estimate of drug-likeness (QED) is 0.637. The molecule has 176 valence electrons. The van der Waals surface area contributed by atoms with Gasteiger partial charge >= 0.3 is 0 Å². The second kappa shape index (κ2) is 11.2. The zero-order valence-corrected chi connectivity index (χ0v) is 20.0. The molecule has 0 aromatic heterocycles. The third-order valence-corrected chi connectivity index (χ3v) is 6.40. The lowest BCUT2D eigenvalue weighted by molar-refractivity contribution is -0.135. The molecule has 6 nitrogen and oxygen atoms in total. The molecule has 0 bridgehead atoms. The van der Waals surface area contributed by atoms with Crippen LogP contribution in [0.5, 0.6) is 0 Å². The minimum absolute atomic E-state index is 0.0437. The predicted molar refractivity (Wildman–Crippen MR) is 130 cm³/mol. The molecule has 2 aromatic rings. The minimum Gasteiger partial charge on any atom is -0.343 e. The summed E-state index contributed by atoms with van der Waals surface area (Å²) in [6, 6.07) is 17.4. The number of carbonyl (C=O) groups excluding carboxylic acids is 3. The predicted octanol–water partition coefficient (Wildman–Crippen LogP) is 3.41. The second-order valence-electron chi connectivity index (χ2n) is 9.12. The van der Waals surface area contributed by atoms with Crippen LogP contribution in [0.25, 0.3) is 0 Å². The van der Waals surface area contributed by atoms with E-state index in [9.17, 15) is 14.4 Å². The van der Waals surface area contributed by atoms with Gasteiger partial charge in [-0.3, -0.25) is 14.4 Å². The van der Waals surface area contributed by atoms with E-state index in [1.807, 2.05) is 74.4 Å². The van der Waals surface area contributed by atoms with E-state index in [1.165, 1.54) is 0 Å². The molecule has 1 saturated heterocycles. The Labute approximate surface area is 197 Å². The molecule has 1 aliphatic rings. The number of benzene rings is 2. The highest BCUT2D eigenvalue weighted by atomic mass is 16.2. The third-order valence-electron chi connectivity index (χ3n) is 6.40. The molecule has 0 spiro atoms. The van der Waals surface area contributed by atoms with Crippen molar-refractivity contribution >= 4 is 17.6 Å². The van der Waals surface area contributed by atoms with Gasteiger partial charge in [0, 0.05) is 31.6 Å². The smallest absolute Gasteiger partial charge is 0.251 e. The Balaban J connectivity index is 1.59. The van der Waals surface area contributed by atoms with Gasteiger partial charge < -0.3 is 15.1 Å². The molecule has 1 heterocycles. The van der Waals surface area contributed by atoms with E-state index in [0.717, 1.165) is 24.1 Å². The summed E-state index contributed by atoms with van der Waals surface area (Å²) in [4.78, 5) is 42.3. The highest BCUT2D eigenvalue weighted by molar-refractivity contribution is 5.96. The summed E-state index contributed by atoms with van der Waals surface area (Å²) in [6.45, 7) is 3.74. The van der Waals surface area contributed by atoms with Crippen LogP contribution in [0.4, 0.5) is 0 Å². The van der Waals surface area contributed by atoms with E-state index in [1.54, 1.807) is 11.0 Å². The van der Waals surface area contributed by atoms with E-state index in [2.05, 4.69) is 5.32 Å². The first-order valence-corrected chi connectivity index (χ1v) is 11.7. The summed E-state index contributed by atoms with van der Waals surface area (Å²) < 4.78 is 0. The number of hydrogen-bond donors (Lipinski definition) is 1. The summed E-state index contributed by atoms with van der Waals surface area (Å²) >= 11 is 0. The maximum Gasteiger partial charge on any atom is 0.251 e. The summed E-state index contributed by atoms with van der Waals surface area (Å²) in [6.07, 6.45) is 2.59. The van der Waals surface area contributed by atoms with E-state index in [-0.39, 0.29) is 24.1 Å². The first-order valence-electron chi connectivity index (χ1n) is 11.7. The van der Waals surface area contributed by atoms with Crippen LogP contribution in [0.15, 0.2) is 54.6 Å². The lowest BCUT2D eigenvalue weighted by Crippen LogP contribution is -2.51. The van der Waals surface area contributed by atoms with Crippen molar-refractivity contribution in [2.24, 2.45) is 0 Å². The number of nitrogens with one attached hydrogen (secondary N) is 1. The van der Waals surface area contributed by atoms with Crippen molar-refractivity contribution in [1.82, 2.24) is 15.1 Å². The summed E-state index contributed by atoms with van der Waals surface area (Å²) in [7, 11) is 3.96. The van der Waals surface area contributed by atoms with Gasteiger partial charge in [-0.15, -0.1) is 0 Å². The lowest BCUT2D eigenvalue weighted by atomic mass is 9.68. The van der Waals surface area contributed by atoms with Gasteiger partial charge in [0.2, 0.25) is 5.91 Å². The zero-order chi connectivity index (χ0) is 23.8. The maximum atomic E-state index is 13.1. The van der Waals surface area contributed by atoms with Gasteiger partial charge in [-0.2, -0.15) is 0 Å². The molecule has 6 heteroatoms. The molecule has 33 heavy (non-hydrogen) atoms. The fourth-order valence-corrected chi connectivity index (χ4v) is 4.64. The van der Waals surface area contributed by atoms with Gasteiger partial charge in [-0.1, -0.05) is 49.4 Å². The fraction of sp³-hybridized carbons (Fsp3) is 0.444. The second-order valence-corrected chi connectivity index (χ2v) is 9.12. The molecule has 0 unspecified atom stereocenters. The Hall–Kier alpha value is -2.99. The summed E-state index contributed by atoms with van der Waals surface area (Å²) in [5.74, 6) is -0.107. The monoisotopic (exact) mass is 449 g/mol. The van der Waals surface area contributed by atoms with Crippen molar-refractivity contribution in [2.75, 3.05) is 33.7 Å². The normalized spacial score (nSPS) is 15.3. The molecular weight excluding hydrogens is 414 g/mol. The number of piperidine rings is 1. The topological polar surface area (TPSA) is 69.7 Å². The van der Waals surface area contributed by atoms with Crippen molar-refractivity contribution in [1.29, 1.82) is 0 Å². The molecule has 2 aromatic carbocycles. The largest absolute Gasteiger partial charge is 0.343 e. The van der Waals surface area contributed by atoms with E-state index < -0.39 is 5.41 Å². The Kier molecular flexibility index (Phi) is 8.39. The number of nitrogens with zero attached hydrogens (tertiary/aromatic N) is 2. The highest BCUT2D eigenvalue weighted by Gasteiger charge is 2.42. The lowest BCUT2D eigenvalue weighted by Gasteiger charge is -2.41. The standard InChI is InChI=1S/C27H35N3O3/c1-4-9-24(31)27(23-12-6-5-7-13-23)14-16-30(17-15-27)25(32)19-28-26(33)22-11-8-10-21(18-22)20-29(2)3/h5-8,10-13,18H,4,9,14-17,19-20H2,1-3H3,(H,28,33). The fourth-order valence-electron chi connectivity index (χ4n) is 4.64. The van der Waals surface area contributed by atoms with Crippen molar-refractivity contribution in [3.8, 4) is 0 Å². The highest BCUT2D eigenvalue weighted by Crippen LogP contribution is 2.37. The number of amides is 2. The van der Waals surface area contributed by atoms with Crippen LogP contribution < -0.4 is 5.32 Å². The molecule has 0 atom stereocenters. The van der Waals surface area contributed by atoms with Gasteiger partial charge in [-0.05, 0) is 56.6 Å². The molecular formula is C27H35N3O3. The Morgan fingerprint density at radius 3 is 2.33 bits per heavy atom. The van der Waals surface area contributed by atoms with E-state index in [4.69, 9.17) is 0 Å². The first-order chi connectivity index (χ1) is 15.9. The van der Waals surface area contributed by atoms with Crippen molar-refractivity contribution < 1.29 is 14.4 Å². The number of ketones is 1. The average Bonchev–Trinajstić information content (AvgIpc) is 2.82. The Bertz CT molecular complexity index is 964. The molecule has 1 N–H and O–H groups in total. The van der Waals surface area contributed by atoms with Crippen molar-refractivity contribution in [3.05, 3.63) is 71.3 Å². The van der Waals surface area contributed by atoms with Crippen LogP contribution in [0.1, 0.15) is 54.1 Å². The zero-order valence-electron chi connectivity index (χ0n) is 20.0. The van der Waals surface area contributed by atoms with Crippen molar-refractivity contribution in [3.63, 3.8) is 0 Å². The molecule has 2 amide bonds. The van der Waals surface area contributed by atoms with Crippen LogP contribution in [-0.4, -0.2) is 61.1 Å². The molecule has 0 radical (unpaired) electrons. The summed E-state index contributed by atoms with van der Waals surface area (Å²) in [5, 5.41) is 2.76. The van der Waals surface area contributed by atoms with Gasteiger partial charge in [0.05, 0.1) is 12.0 Å². The Morgan fingerprint density at radius 2 is 1.70 bits per heavy atom. The van der Waals surface area contributed by atoms with Gasteiger partial charge in [0.1, 0.15) is 5.78 Å². The SMILES string of the molecule is CCCC(=O)C1(c2ccccc2)CCN(C(=O)CNC(=O)c2cccc(CN(C)C)c2)CC1. The molecule has 3 rings (SSSR count). The number of carbonyl (C=O) groups is 3. The number of likely N-dealkylation sites (tertiary alicyclic amines) is 1. The number of rotatable bonds is 9. The average molecular weight is 450 g/mol. The van der Waals surface area contributed by atoms with Gasteiger partial charge in [0.15, 0.2) is 0 Å². The van der Waals surface area contributed by atoms with Crippen LogP contribution in [0, 0.1) is 0 Å². The summed E-state index contributed by atoms with van der Waals surface area (Å²) in [5.41, 5.74) is 2.11. The maximum absolute atomic E-state index is 13.1. The Morgan fingerprint density at radius 1 is 1.00 bits per heavy atom.